The van der Waals surface area contributed by atoms with Crippen molar-refractivity contribution in [2.45, 2.75) is 69.7 Å². The summed E-state index contributed by atoms with van der Waals surface area (Å²) in [6, 6.07) is 37.9. The molecule has 0 saturated carbocycles. The van der Waals surface area contributed by atoms with Crippen molar-refractivity contribution in [2.75, 3.05) is 6.61 Å². The van der Waals surface area contributed by atoms with Crippen LogP contribution in [-0.2, 0) is 50.2 Å². The van der Waals surface area contributed by atoms with E-state index in [1.54, 1.807) is 0 Å². The van der Waals surface area contributed by atoms with E-state index >= 15 is 0 Å². The van der Waals surface area contributed by atoms with Gasteiger partial charge in [0.1, 0.15) is 18.3 Å². The van der Waals surface area contributed by atoms with Crippen LogP contribution in [0.2, 0.25) is 0 Å². The summed E-state index contributed by atoms with van der Waals surface area (Å²) in [5.41, 5.74) is 3.94. The van der Waals surface area contributed by atoms with Crippen molar-refractivity contribution in [1.29, 1.82) is 0 Å². The monoisotopic (exact) mass is 611 g/mol. The van der Waals surface area contributed by atoms with Crippen LogP contribution in [0.5, 0.6) is 0 Å². The van der Waals surface area contributed by atoms with Gasteiger partial charge in [-0.1, -0.05) is 121 Å². The lowest BCUT2D eigenvalue weighted by Crippen LogP contribution is -2.49. The molecule has 5 atom stereocenters. The van der Waals surface area contributed by atoms with Gasteiger partial charge >= 0.3 is 5.97 Å². The van der Waals surface area contributed by atoms with Gasteiger partial charge < -0.3 is 29.3 Å². The zero-order valence-corrected chi connectivity index (χ0v) is 25.3. The van der Waals surface area contributed by atoms with Crippen LogP contribution in [-0.4, -0.2) is 58.3 Å². The molecule has 4 aromatic carbocycles. The van der Waals surface area contributed by atoms with Gasteiger partial charge in [-0.25, -0.2) is 0 Å². The molecule has 0 bridgehead atoms. The number of aliphatic carboxylic acids is 1. The van der Waals surface area contributed by atoms with Crippen molar-refractivity contribution in [1.82, 2.24) is 5.06 Å². The van der Waals surface area contributed by atoms with Crippen LogP contribution in [0.4, 0.5) is 0 Å². The highest BCUT2D eigenvalue weighted by Crippen LogP contribution is 2.35. The molecule has 45 heavy (non-hydrogen) atoms. The maximum atomic E-state index is 11.8. The van der Waals surface area contributed by atoms with Crippen LogP contribution >= 0.6 is 0 Å². The fourth-order valence-electron chi connectivity index (χ4n) is 5.71. The lowest BCUT2D eigenvalue weighted by atomic mass is 10.0. The topological polar surface area (TPSA) is 97.7 Å². The van der Waals surface area contributed by atoms with E-state index in [1.165, 1.54) is 5.06 Å². The number of carboxylic acid groups (broad SMARTS) is 1. The van der Waals surface area contributed by atoms with E-state index in [1.807, 2.05) is 121 Å². The third kappa shape index (κ3) is 9.55. The highest BCUT2D eigenvalue weighted by Gasteiger charge is 2.53. The van der Waals surface area contributed by atoms with Crippen molar-refractivity contribution < 1.29 is 34.1 Å². The summed E-state index contributed by atoms with van der Waals surface area (Å²) < 4.78 is 25.8. The van der Waals surface area contributed by atoms with Gasteiger partial charge in [0.25, 0.3) is 0 Å². The number of hydroxylamine groups is 2. The predicted molar refractivity (Wildman–Crippen MR) is 169 cm³/mol. The smallest absolute Gasteiger partial charge is 0.303 e. The molecular formula is C37H41NO7. The Morgan fingerprint density at radius 2 is 1.09 bits per heavy atom. The summed E-state index contributed by atoms with van der Waals surface area (Å²) in [6.45, 7) is 1.40. The van der Waals surface area contributed by atoms with Gasteiger partial charge in [0, 0.05) is 6.42 Å². The van der Waals surface area contributed by atoms with Crippen molar-refractivity contribution in [2.24, 2.45) is 0 Å². The maximum absolute atomic E-state index is 11.8. The molecule has 4 aromatic rings. The van der Waals surface area contributed by atoms with E-state index in [9.17, 15) is 15.1 Å². The fourth-order valence-corrected chi connectivity index (χ4v) is 5.71. The van der Waals surface area contributed by atoms with Gasteiger partial charge in [-0.3, -0.25) is 4.79 Å². The van der Waals surface area contributed by atoms with Crippen LogP contribution in [0.3, 0.4) is 0 Å². The predicted octanol–water partition coefficient (Wildman–Crippen LogP) is 6.27. The zero-order chi connectivity index (χ0) is 31.3. The first kappa shape index (κ1) is 32.5. The first-order chi connectivity index (χ1) is 22.1. The van der Waals surface area contributed by atoms with Gasteiger partial charge in [0.15, 0.2) is 0 Å². The van der Waals surface area contributed by atoms with Gasteiger partial charge in [-0.15, -0.1) is 0 Å². The minimum absolute atomic E-state index is 0.134. The Labute approximate surface area is 264 Å². The average Bonchev–Trinajstić information content (AvgIpc) is 3.34. The lowest BCUT2D eigenvalue weighted by Gasteiger charge is -2.32. The molecule has 1 saturated heterocycles. The van der Waals surface area contributed by atoms with E-state index in [-0.39, 0.29) is 32.7 Å². The van der Waals surface area contributed by atoms with Gasteiger partial charge in [0.2, 0.25) is 0 Å². The van der Waals surface area contributed by atoms with Crippen LogP contribution < -0.4 is 0 Å². The zero-order valence-electron chi connectivity index (χ0n) is 25.3. The molecule has 1 aliphatic heterocycles. The summed E-state index contributed by atoms with van der Waals surface area (Å²) >= 11 is 0. The third-order valence-electron chi connectivity index (χ3n) is 7.99. The van der Waals surface area contributed by atoms with E-state index in [0.717, 1.165) is 22.3 Å². The Hall–Kier alpha value is -3.89. The molecule has 0 amide bonds. The highest BCUT2D eigenvalue weighted by molar-refractivity contribution is 5.66. The molecule has 1 aliphatic rings. The molecule has 8 heteroatoms. The molecular weight excluding hydrogens is 570 g/mol. The summed E-state index contributed by atoms with van der Waals surface area (Å²) in [5.74, 6) is -0.946. The second kappa shape index (κ2) is 17.0. The number of hydrogen-bond acceptors (Lipinski definition) is 7. The molecule has 0 spiro atoms. The molecule has 0 unspecified atom stereocenters. The number of ether oxygens (including phenoxy) is 4. The molecule has 0 aromatic heterocycles. The first-order valence-corrected chi connectivity index (χ1v) is 15.4. The molecule has 1 fully saturated rings. The Morgan fingerprint density at radius 3 is 1.58 bits per heavy atom. The van der Waals surface area contributed by atoms with E-state index in [2.05, 4.69) is 0 Å². The van der Waals surface area contributed by atoms with Crippen molar-refractivity contribution >= 4 is 5.97 Å². The quantitative estimate of drug-likeness (QED) is 0.144. The fraction of sp³-hybridized carbons (Fsp3) is 0.324. The largest absolute Gasteiger partial charge is 0.481 e. The van der Waals surface area contributed by atoms with Crippen LogP contribution in [0, 0.1) is 0 Å². The normalized spacial score (nSPS) is 20.6. The molecule has 5 rings (SSSR count). The summed E-state index contributed by atoms with van der Waals surface area (Å²) in [4.78, 5) is 11.7. The Kier molecular flexibility index (Phi) is 12.3. The van der Waals surface area contributed by atoms with Gasteiger partial charge in [0.05, 0.1) is 45.1 Å². The van der Waals surface area contributed by atoms with E-state index in [0.29, 0.717) is 13.2 Å². The second-order valence-corrected chi connectivity index (χ2v) is 11.2. The number of benzene rings is 4. The second-order valence-electron chi connectivity index (χ2n) is 11.2. The minimum Gasteiger partial charge on any atom is -0.481 e. The Bertz CT molecular complexity index is 1410. The maximum Gasteiger partial charge on any atom is 0.303 e. The average molecular weight is 612 g/mol. The van der Waals surface area contributed by atoms with Crippen molar-refractivity contribution in [3.8, 4) is 0 Å². The van der Waals surface area contributed by atoms with Gasteiger partial charge in [-0.2, -0.15) is 5.06 Å². The van der Waals surface area contributed by atoms with E-state index in [4.69, 9.17) is 18.9 Å². The summed E-state index contributed by atoms with van der Waals surface area (Å²) in [6.07, 6.45) is -1.88. The minimum atomic E-state index is -0.946. The number of carboxylic acids is 1. The molecule has 2 N–H and O–H groups in total. The molecule has 236 valence electrons. The molecule has 0 aliphatic carbocycles. The number of rotatable bonds is 17. The summed E-state index contributed by atoms with van der Waals surface area (Å²) in [7, 11) is 0. The Balaban J connectivity index is 1.43. The van der Waals surface area contributed by atoms with Crippen molar-refractivity contribution in [3.05, 3.63) is 144 Å². The lowest BCUT2D eigenvalue weighted by molar-refractivity contribution is -0.196. The van der Waals surface area contributed by atoms with Gasteiger partial charge in [-0.05, 0) is 28.7 Å². The van der Waals surface area contributed by atoms with Crippen LogP contribution in [0.1, 0.15) is 35.1 Å². The van der Waals surface area contributed by atoms with E-state index < -0.39 is 36.4 Å². The molecule has 8 nitrogen and oxygen atoms in total. The number of nitrogens with zero attached hydrogens (tertiary/aromatic N) is 1. The standard InChI is InChI=1S/C37H41NO7/c39-34(40)22-21-32-36(44-25-30-17-9-3-10-18-30)37(45-26-31-19-11-4-12-20-31)35(38(32)41)33(43-24-29-15-7-2-8-16-29)27-42-23-28-13-5-1-6-14-28/h1-20,32-33,35-37,41H,21-27H2,(H,39,40)/t32-,33+,35-,36-,37-/m0/s1. The van der Waals surface area contributed by atoms with Crippen LogP contribution in [0.25, 0.3) is 0 Å². The number of carbonyl (C=O) groups is 1. The SMILES string of the molecule is O=C(O)CC[C@H]1[C@H](OCc2ccccc2)[C@@H](OCc2ccccc2)[C@H]([C@@H](COCc2ccccc2)OCc2ccccc2)N1O. The highest BCUT2D eigenvalue weighted by atomic mass is 16.6. The molecule has 1 heterocycles. The Morgan fingerprint density at radius 1 is 0.644 bits per heavy atom. The third-order valence-corrected chi connectivity index (χ3v) is 7.99. The van der Waals surface area contributed by atoms with Crippen LogP contribution in [0.15, 0.2) is 121 Å². The molecule has 0 radical (unpaired) electrons. The first-order valence-electron chi connectivity index (χ1n) is 15.4. The van der Waals surface area contributed by atoms with Crippen molar-refractivity contribution in [3.63, 3.8) is 0 Å². The number of hydrogen-bond donors (Lipinski definition) is 2. The summed E-state index contributed by atoms with van der Waals surface area (Å²) in [5, 5.41) is 22.6.